The fourth-order valence-corrected chi connectivity index (χ4v) is 7.54. The zero-order valence-electron chi connectivity index (χ0n) is 35.2. The molecule has 15 atom stereocenters. The second-order valence-corrected chi connectivity index (χ2v) is 15.6. The molecule has 4 heterocycles. The van der Waals surface area contributed by atoms with Crippen LogP contribution in [0.25, 0.3) is 28.4 Å². The number of phenols is 3. The lowest BCUT2D eigenvalue weighted by Crippen LogP contribution is -2.68. The highest BCUT2D eigenvalue weighted by molar-refractivity contribution is 5.88. The maximum absolute atomic E-state index is 13.6. The zero-order chi connectivity index (χ0) is 50.2. The van der Waals surface area contributed by atoms with Crippen LogP contribution in [0, 0.1) is 0 Å². The second kappa shape index (κ2) is 20.3. The van der Waals surface area contributed by atoms with Crippen LogP contribution >= 0.6 is 0 Å². The van der Waals surface area contributed by atoms with E-state index < -0.39 is 133 Å². The zero-order valence-corrected chi connectivity index (χ0v) is 35.2. The highest BCUT2D eigenvalue weighted by atomic mass is 16.8. The lowest BCUT2D eigenvalue weighted by molar-refractivity contribution is -0.373. The number of hydrogen-bond donors (Lipinski definition) is 12. The number of carboxylic acid groups (broad SMARTS) is 3. The first-order valence-corrected chi connectivity index (χ1v) is 20.2. The molecule has 7 rings (SSSR count). The number of ether oxygens (including phenoxy) is 8. The molecular weight excluding hydrogens is 932 g/mol. The number of fused-ring (bicyclic) bond motifs is 1. The highest BCUT2D eigenvalue weighted by Crippen LogP contribution is 2.37. The number of methoxy groups -OCH3 is 1. The Labute approximate surface area is 385 Å². The molecule has 3 aliphatic heterocycles. The lowest BCUT2D eigenvalue weighted by Gasteiger charge is -2.47. The van der Waals surface area contributed by atoms with Crippen LogP contribution in [-0.4, -0.2) is 184 Å². The maximum atomic E-state index is 13.6. The normalized spacial score (nSPS) is 31.5. The van der Waals surface area contributed by atoms with Crippen molar-refractivity contribution in [1.29, 1.82) is 0 Å². The molecule has 26 nitrogen and oxygen atoms in total. The second-order valence-electron chi connectivity index (χ2n) is 15.6. The fourth-order valence-electron chi connectivity index (χ4n) is 7.54. The van der Waals surface area contributed by atoms with Crippen LogP contribution in [0.2, 0.25) is 0 Å². The quantitative estimate of drug-likeness (QED) is 0.0478. The molecule has 26 heteroatoms. The third-order valence-corrected chi connectivity index (χ3v) is 11.0. The number of rotatable bonds is 14. The predicted octanol–water partition coefficient (Wildman–Crippen LogP) is -2.05. The van der Waals surface area contributed by atoms with E-state index in [0.717, 1.165) is 30.4 Å². The molecule has 0 aliphatic carbocycles. The van der Waals surface area contributed by atoms with E-state index in [2.05, 4.69) is 0 Å². The van der Waals surface area contributed by atoms with Gasteiger partial charge in [-0.1, -0.05) is 6.07 Å². The summed E-state index contributed by atoms with van der Waals surface area (Å²) in [7, 11) is 1.25. The van der Waals surface area contributed by atoms with Crippen molar-refractivity contribution in [3.63, 3.8) is 0 Å². The van der Waals surface area contributed by atoms with Gasteiger partial charge in [0.05, 0.1) is 7.11 Å². The van der Waals surface area contributed by atoms with Crippen LogP contribution in [0.4, 0.5) is 0 Å². The van der Waals surface area contributed by atoms with Crippen molar-refractivity contribution in [2.45, 2.75) is 92.1 Å². The van der Waals surface area contributed by atoms with Gasteiger partial charge in [-0.3, -0.25) is 4.79 Å². The Morgan fingerprint density at radius 1 is 0.609 bits per heavy atom. The summed E-state index contributed by atoms with van der Waals surface area (Å²) < 4.78 is 50.0. The lowest BCUT2D eigenvalue weighted by atomic mass is 9.95. The minimum absolute atomic E-state index is 0.00987. The summed E-state index contributed by atoms with van der Waals surface area (Å²) in [5.41, 5.74) is -0.399. The molecule has 0 bridgehead atoms. The summed E-state index contributed by atoms with van der Waals surface area (Å²) in [6.45, 7) is 0. The SMILES string of the molecule is COc1cc(C=CC(=O)OC2C(OC3C(Oc4ccc(-c5cc(=O)c6c(O)cc(O)cc6o5)cc4)OC(C(=O)O)C(O)C3O)OC(C(=O)O)C(O)C2OC2OC(C(=O)O)C(O)C(O)C2O)ccc1O. The minimum atomic E-state index is -2.46. The minimum Gasteiger partial charge on any atom is -0.508 e. The Morgan fingerprint density at radius 3 is 1.84 bits per heavy atom. The van der Waals surface area contributed by atoms with Crippen LogP contribution < -0.4 is 14.9 Å². The van der Waals surface area contributed by atoms with Gasteiger partial charge >= 0.3 is 23.9 Å². The first-order valence-electron chi connectivity index (χ1n) is 20.2. The third-order valence-electron chi connectivity index (χ3n) is 11.0. The van der Waals surface area contributed by atoms with Gasteiger partial charge in [-0.25, -0.2) is 19.2 Å². The molecule has 12 N–H and O–H groups in total. The van der Waals surface area contributed by atoms with Gasteiger partial charge in [-0.15, -0.1) is 0 Å². The molecule has 15 unspecified atom stereocenters. The van der Waals surface area contributed by atoms with Gasteiger partial charge in [0.1, 0.15) is 76.7 Å². The standard InChI is InChI=1S/C43H42O26/c1-61-22-10-14(2-8-18(22)45)3-9-24(48)64-37-32(65-41-30(53)26(49)27(50)33(66-41)38(55)56)31(54)35(40(59)60)68-43(37)69-36-29(52)28(51)34(39(57)58)67-42(36)62-17-6-4-15(5-7-17)21-13-20(47)25-19(46)11-16(44)12-23(25)63-21/h2-13,26-37,41-46,49-54H,1H3,(H,55,56)(H,57,58)(H,59,60). The number of hydrogen-bond acceptors (Lipinski definition) is 23. The average Bonchev–Trinajstić information content (AvgIpc) is 3.29. The predicted molar refractivity (Wildman–Crippen MR) is 220 cm³/mol. The van der Waals surface area contributed by atoms with Crippen LogP contribution in [0.1, 0.15) is 5.56 Å². The smallest absolute Gasteiger partial charge is 0.335 e. The van der Waals surface area contributed by atoms with Crippen LogP contribution in [0.3, 0.4) is 0 Å². The Kier molecular flexibility index (Phi) is 14.7. The van der Waals surface area contributed by atoms with E-state index in [9.17, 15) is 85.3 Å². The molecule has 1 aromatic heterocycles. The van der Waals surface area contributed by atoms with E-state index in [1.807, 2.05) is 0 Å². The third kappa shape index (κ3) is 10.4. The molecule has 3 aromatic carbocycles. The van der Waals surface area contributed by atoms with Crippen molar-refractivity contribution < 1.29 is 123 Å². The molecule has 0 amide bonds. The van der Waals surface area contributed by atoms with E-state index in [1.54, 1.807) is 0 Å². The number of aliphatic carboxylic acids is 3. The monoisotopic (exact) mass is 974 g/mol. The Bertz CT molecular complexity index is 2650. The highest BCUT2D eigenvalue weighted by Gasteiger charge is 2.58. The molecular formula is C43H42O26. The molecule has 3 aliphatic rings. The van der Waals surface area contributed by atoms with Gasteiger partial charge in [0.15, 0.2) is 60.0 Å². The molecule has 0 saturated carbocycles. The number of esters is 1. The molecule has 69 heavy (non-hydrogen) atoms. The first kappa shape index (κ1) is 49.9. The van der Waals surface area contributed by atoms with Crippen molar-refractivity contribution in [2.75, 3.05) is 7.11 Å². The molecule has 3 fully saturated rings. The summed E-state index contributed by atoms with van der Waals surface area (Å²) >= 11 is 0. The fraction of sp³-hybridized carbons (Fsp3) is 0.372. The van der Waals surface area contributed by atoms with Gasteiger partial charge in [-0.2, -0.15) is 0 Å². The number of aromatic hydroxyl groups is 3. The average molecular weight is 975 g/mol. The number of aliphatic hydroxyl groups excluding tert-OH is 6. The summed E-state index contributed by atoms with van der Waals surface area (Å²) in [6, 6.07) is 12.1. The number of carbonyl (C=O) groups excluding carboxylic acids is 1. The molecule has 370 valence electrons. The molecule has 4 aromatic rings. The van der Waals surface area contributed by atoms with Crippen LogP contribution in [0.5, 0.6) is 28.7 Å². The Hall–Kier alpha value is -6.95. The Balaban J connectivity index is 1.23. The summed E-state index contributed by atoms with van der Waals surface area (Å²) in [4.78, 5) is 63.1. The van der Waals surface area contributed by atoms with Crippen molar-refractivity contribution in [1.82, 2.24) is 0 Å². The summed E-state index contributed by atoms with van der Waals surface area (Å²) in [5, 5.41) is 125. The Morgan fingerprint density at radius 2 is 1.20 bits per heavy atom. The van der Waals surface area contributed by atoms with Gasteiger partial charge in [0.2, 0.25) is 6.29 Å². The topological polar surface area (TPSA) is 415 Å². The van der Waals surface area contributed by atoms with Gasteiger partial charge < -0.3 is 104 Å². The van der Waals surface area contributed by atoms with Crippen molar-refractivity contribution in [2.24, 2.45) is 0 Å². The van der Waals surface area contributed by atoms with E-state index in [-0.39, 0.29) is 45.1 Å². The van der Waals surface area contributed by atoms with E-state index in [0.29, 0.717) is 0 Å². The number of aliphatic hydroxyl groups is 6. The summed E-state index contributed by atoms with van der Waals surface area (Å²) in [6.07, 6.45) is -32.7. The number of carbonyl (C=O) groups is 4. The van der Waals surface area contributed by atoms with E-state index in [1.165, 1.54) is 49.6 Å². The van der Waals surface area contributed by atoms with Crippen molar-refractivity contribution >= 4 is 40.9 Å². The van der Waals surface area contributed by atoms with Crippen molar-refractivity contribution in [3.05, 3.63) is 82.5 Å². The van der Waals surface area contributed by atoms with Crippen LogP contribution in [-0.2, 0) is 47.6 Å². The van der Waals surface area contributed by atoms with Gasteiger partial charge in [-0.05, 0) is 48.0 Å². The first-order chi connectivity index (χ1) is 32.7. The molecule has 3 saturated heterocycles. The van der Waals surface area contributed by atoms with E-state index >= 15 is 0 Å². The van der Waals surface area contributed by atoms with Gasteiger partial charge in [0, 0.05) is 29.8 Å². The number of carboxylic acids is 3. The maximum Gasteiger partial charge on any atom is 0.335 e. The summed E-state index contributed by atoms with van der Waals surface area (Å²) in [5.74, 6) is -8.45. The largest absolute Gasteiger partial charge is 0.508 e. The van der Waals surface area contributed by atoms with Crippen LogP contribution in [0.15, 0.2) is 76.0 Å². The molecule has 0 spiro atoms. The van der Waals surface area contributed by atoms with Gasteiger partial charge in [0.25, 0.3) is 0 Å². The van der Waals surface area contributed by atoms with Crippen molar-refractivity contribution in [3.8, 4) is 40.1 Å². The number of phenolic OH excluding ortho intramolecular Hbond substituents is 3. The number of benzene rings is 3. The molecule has 0 radical (unpaired) electrons. The van der Waals surface area contributed by atoms with E-state index in [4.69, 9.17) is 42.3 Å².